The van der Waals surface area contributed by atoms with Crippen molar-refractivity contribution >= 4 is 28.4 Å². The van der Waals surface area contributed by atoms with Gasteiger partial charge in [-0.1, -0.05) is 18.2 Å². The van der Waals surface area contributed by atoms with Gasteiger partial charge in [0.25, 0.3) is 0 Å². The van der Waals surface area contributed by atoms with E-state index in [0.717, 1.165) is 22.1 Å². The number of ether oxygens (including phenoxy) is 1. The van der Waals surface area contributed by atoms with E-state index in [0.29, 0.717) is 12.3 Å². The molecule has 0 spiro atoms. The summed E-state index contributed by atoms with van der Waals surface area (Å²) in [4.78, 5) is 11.4. The van der Waals surface area contributed by atoms with Crippen molar-refractivity contribution in [3.63, 3.8) is 0 Å². The zero-order valence-electron chi connectivity index (χ0n) is 11.1. The number of carbonyl (C=O) groups is 1. The maximum Gasteiger partial charge on any atom is 0.230 e. The number of hydrogen-bond donors (Lipinski definition) is 1. The molecule has 0 atom stereocenters. The minimum absolute atomic E-state index is 0.0716. The zero-order valence-corrected chi connectivity index (χ0v) is 11.9. The van der Waals surface area contributed by atoms with Gasteiger partial charge in [0.15, 0.2) is 0 Å². The molecule has 0 unspecified atom stereocenters. The Hall–Kier alpha value is -1.68. The second-order valence-electron chi connectivity index (χ2n) is 4.26. The Kier molecular flexibility index (Phi) is 4.68. The van der Waals surface area contributed by atoms with Crippen molar-refractivity contribution in [2.45, 2.75) is 6.54 Å². The van der Waals surface area contributed by atoms with Crippen LogP contribution in [0.3, 0.4) is 0 Å². The van der Waals surface area contributed by atoms with E-state index in [-0.39, 0.29) is 5.91 Å². The number of hydrogen-bond acceptors (Lipinski definition) is 3. The van der Waals surface area contributed by atoms with Gasteiger partial charge in [-0.05, 0) is 40.8 Å². The van der Waals surface area contributed by atoms with Crippen LogP contribution in [0.1, 0.15) is 5.56 Å². The summed E-state index contributed by atoms with van der Waals surface area (Å²) in [6, 6.07) is 12.1. The minimum atomic E-state index is 0.0716. The van der Waals surface area contributed by atoms with Crippen LogP contribution in [0.2, 0.25) is 0 Å². The molecule has 0 aliphatic heterocycles. The topological polar surface area (TPSA) is 38.3 Å². The van der Waals surface area contributed by atoms with Gasteiger partial charge in [0.05, 0.1) is 12.9 Å². The van der Waals surface area contributed by atoms with Crippen molar-refractivity contribution in [3.05, 3.63) is 42.0 Å². The summed E-state index contributed by atoms with van der Waals surface area (Å²) in [6.45, 7) is 0.571. The molecule has 1 amide bonds. The Labute approximate surface area is 117 Å². The van der Waals surface area contributed by atoms with Crippen LogP contribution in [0.4, 0.5) is 0 Å². The number of amides is 1. The first-order chi connectivity index (χ1) is 9.22. The fraction of sp³-hybridized carbons (Fsp3) is 0.267. The second-order valence-corrected chi connectivity index (χ2v) is 5.12. The molecule has 19 heavy (non-hydrogen) atoms. The lowest BCUT2D eigenvalue weighted by atomic mass is 10.1. The van der Waals surface area contributed by atoms with Gasteiger partial charge in [0.1, 0.15) is 5.75 Å². The van der Waals surface area contributed by atoms with Crippen LogP contribution in [0.15, 0.2) is 36.4 Å². The quantitative estimate of drug-likeness (QED) is 0.912. The van der Waals surface area contributed by atoms with Crippen LogP contribution in [0.25, 0.3) is 10.8 Å². The molecule has 2 rings (SSSR count). The van der Waals surface area contributed by atoms with Crippen LogP contribution < -0.4 is 10.1 Å². The summed E-state index contributed by atoms with van der Waals surface area (Å²) in [5, 5.41) is 5.19. The van der Waals surface area contributed by atoms with Crippen molar-refractivity contribution < 1.29 is 9.53 Å². The summed E-state index contributed by atoms with van der Waals surface area (Å²) < 4.78 is 5.20. The number of rotatable bonds is 5. The van der Waals surface area contributed by atoms with Gasteiger partial charge >= 0.3 is 0 Å². The van der Waals surface area contributed by atoms with Gasteiger partial charge in [0, 0.05) is 6.54 Å². The van der Waals surface area contributed by atoms with E-state index in [1.54, 1.807) is 7.11 Å². The standard InChI is InChI=1S/C15H17NO2S/c1-18-14-6-5-12-7-11(3-4-13(12)8-14)9-16-15(17)10-19-2/h3-8H,9-10H2,1-2H3,(H,16,17). The van der Waals surface area contributed by atoms with Crippen LogP contribution in [0.5, 0.6) is 5.75 Å². The van der Waals surface area contributed by atoms with Gasteiger partial charge < -0.3 is 10.1 Å². The molecule has 0 saturated carbocycles. The zero-order chi connectivity index (χ0) is 13.7. The first kappa shape index (κ1) is 13.7. The second kappa shape index (κ2) is 6.48. The number of carbonyl (C=O) groups excluding carboxylic acids is 1. The molecule has 0 heterocycles. The molecule has 0 saturated heterocycles. The molecular formula is C15H17NO2S. The first-order valence-corrected chi connectivity index (χ1v) is 7.44. The van der Waals surface area contributed by atoms with E-state index in [4.69, 9.17) is 4.74 Å². The van der Waals surface area contributed by atoms with E-state index in [2.05, 4.69) is 11.4 Å². The Morgan fingerprint density at radius 3 is 2.68 bits per heavy atom. The highest BCUT2D eigenvalue weighted by atomic mass is 32.2. The molecule has 2 aromatic rings. The van der Waals surface area contributed by atoms with Crippen molar-refractivity contribution in [2.75, 3.05) is 19.1 Å². The van der Waals surface area contributed by atoms with Crippen molar-refractivity contribution in [1.82, 2.24) is 5.32 Å². The molecule has 0 aliphatic rings. The van der Waals surface area contributed by atoms with Crippen LogP contribution in [-0.2, 0) is 11.3 Å². The van der Waals surface area contributed by atoms with Crippen molar-refractivity contribution in [3.8, 4) is 5.75 Å². The number of fused-ring (bicyclic) bond motifs is 1. The van der Waals surface area contributed by atoms with E-state index in [9.17, 15) is 4.79 Å². The number of nitrogens with one attached hydrogen (secondary N) is 1. The molecule has 0 aromatic heterocycles. The lowest BCUT2D eigenvalue weighted by Crippen LogP contribution is -2.24. The SMILES string of the molecule is COc1ccc2cc(CNC(=O)CSC)ccc2c1. The largest absolute Gasteiger partial charge is 0.497 e. The molecular weight excluding hydrogens is 258 g/mol. The molecule has 100 valence electrons. The van der Waals surface area contributed by atoms with Crippen LogP contribution >= 0.6 is 11.8 Å². The van der Waals surface area contributed by atoms with E-state index >= 15 is 0 Å². The predicted molar refractivity (Wildman–Crippen MR) is 80.7 cm³/mol. The monoisotopic (exact) mass is 275 g/mol. The summed E-state index contributed by atoms with van der Waals surface area (Å²) in [5.41, 5.74) is 1.10. The van der Waals surface area contributed by atoms with Gasteiger partial charge in [-0.3, -0.25) is 4.79 Å². The third-order valence-corrected chi connectivity index (χ3v) is 3.43. The average molecular weight is 275 g/mol. The molecule has 0 bridgehead atoms. The first-order valence-electron chi connectivity index (χ1n) is 6.05. The molecule has 0 radical (unpaired) electrons. The predicted octanol–water partition coefficient (Wildman–Crippen LogP) is 2.83. The summed E-state index contributed by atoms with van der Waals surface area (Å²) in [6.07, 6.45) is 1.92. The van der Waals surface area contributed by atoms with Crippen LogP contribution in [-0.4, -0.2) is 25.0 Å². The van der Waals surface area contributed by atoms with Gasteiger partial charge in [-0.2, -0.15) is 11.8 Å². The smallest absolute Gasteiger partial charge is 0.230 e. The van der Waals surface area contributed by atoms with Gasteiger partial charge in [0.2, 0.25) is 5.91 Å². The highest BCUT2D eigenvalue weighted by molar-refractivity contribution is 7.99. The number of thioether (sulfide) groups is 1. The van der Waals surface area contributed by atoms with Gasteiger partial charge in [-0.25, -0.2) is 0 Å². The fourth-order valence-corrected chi connectivity index (χ4v) is 2.26. The maximum absolute atomic E-state index is 11.4. The van der Waals surface area contributed by atoms with E-state index in [1.165, 1.54) is 11.8 Å². The van der Waals surface area contributed by atoms with Gasteiger partial charge in [-0.15, -0.1) is 0 Å². The van der Waals surface area contributed by atoms with Crippen molar-refractivity contribution in [2.24, 2.45) is 0 Å². The van der Waals surface area contributed by atoms with Crippen LogP contribution in [0, 0.1) is 0 Å². The molecule has 3 nitrogen and oxygen atoms in total. The normalized spacial score (nSPS) is 10.4. The highest BCUT2D eigenvalue weighted by Crippen LogP contribution is 2.21. The highest BCUT2D eigenvalue weighted by Gasteiger charge is 2.02. The summed E-state index contributed by atoms with van der Waals surface area (Å²) in [7, 11) is 1.66. The lowest BCUT2D eigenvalue weighted by molar-refractivity contribution is -0.118. The molecule has 4 heteroatoms. The Balaban J connectivity index is 2.11. The maximum atomic E-state index is 11.4. The summed E-state index contributed by atoms with van der Waals surface area (Å²) in [5.74, 6) is 1.43. The molecule has 0 aliphatic carbocycles. The minimum Gasteiger partial charge on any atom is -0.497 e. The van der Waals surface area contributed by atoms with E-state index in [1.807, 2.05) is 36.6 Å². The molecule has 2 aromatic carbocycles. The summed E-state index contributed by atoms with van der Waals surface area (Å²) >= 11 is 1.53. The molecule has 0 fully saturated rings. The average Bonchev–Trinajstić information content (AvgIpc) is 2.44. The Morgan fingerprint density at radius 1 is 1.21 bits per heavy atom. The third kappa shape index (κ3) is 3.64. The Bertz CT molecular complexity index is 583. The van der Waals surface area contributed by atoms with E-state index < -0.39 is 0 Å². The molecule has 1 N–H and O–H groups in total. The lowest BCUT2D eigenvalue weighted by Gasteiger charge is -2.07. The Morgan fingerprint density at radius 2 is 1.95 bits per heavy atom. The fourth-order valence-electron chi connectivity index (χ4n) is 1.89. The number of benzene rings is 2. The third-order valence-electron chi connectivity index (χ3n) is 2.88. The number of methoxy groups -OCH3 is 1. The van der Waals surface area contributed by atoms with Crippen molar-refractivity contribution in [1.29, 1.82) is 0 Å².